The van der Waals surface area contributed by atoms with Crippen molar-refractivity contribution in [3.8, 4) is 0 Å². The molecule has 1 atom stereocenters. The smallest absolute Gasteiger partial charge is 0.125 e. The van der Waals surface area contributed by atoms with Gasteiger partial charge in [-0.05, 0) is 57.0 Å². The molecule has 0 aliphatic rings. The maximum Gasteiger partial charge on any atom is 0.125 e. The molecule has 0 radical (unpaired) electrons. The summed E-state index contributed by atoms with van der Waals surface area (Å²) in [7, 11) is 0. The topological polar surface area (TPSA) is 25.2 Å². The second kappa shape index (κ2) is 5.49. The van der Waals surface area contributed by atoms with Crippen molar-refractivity contribution in [2.75, 3.05) is 6.54 Å². The molecule has 0 saturated carbocycles. The Bertz CT molecular complexity index is 675. The van der Waals surface area contributed by atoms with Crippen LogP contribution in [0.5, 0.6) is 0 Å². The summed E-state index contributed by atoms with van der Waals surface area (Å²) in [5.74, 6) is 0.960. The molecule has 1 unspecified atom stereocenters. The summed E-state index contributed by atoms with van der Waals surface area (Å²) in [6.07, 6.45) is 1.73. The number of hydrogen-bond acceptors (Lipinski definition) is 3. The van der Waals surface area contributed by atoms with Crippen molar-refractivity contribution in [2.45, 2.75) is 13.0 Å². The van der Waals surface area contributed by atoms with Gasteiger partial charge in [0.2, 0.25) is 0 Å². The molecule has 0 bridgehead atoms. The first-order chi connectivity index (χ1) is 9.31. The molecule has 0 aliphatic carbocycles. The minimum absolute atomic E-state index is 0.114. The average molecular weight is 336 g/mol. The standard InChI is InChI=1S/C15H14BrNOS/c1-2-17-14(13-7-4-8-18-13)11-9-19-15-10(11)5-3-6-12(15)16/h3-9,14,17H,2H2,1H3. The molecular formula is C15H14BrNOS. The number of fused-ring (bicyclic) bond motifs is 1. The Hall–Kier alpha value is -1.10. The number of furan rings is 1. The summed E-state index contributed by atoms with van der Waals surface area (Å²) in [6, 6.07) is 10.4. The fourth-order valence-corrected chi connectivity index (χ4v) is 3.94. The van der Waals surface area contributed by atoms with Crippen LogP contribution in [0.2, 0.25) is 0 Å². The normalized spacial score (nSPS) is 12.9. The molecule has 1 aromatic carbocycles. The molecule has 0 saturated heterocycles. The van der Waals surface area contributed by atoms with E-state index in [2.05, 4.69) is 51.7 Å². The summed E-state index contributed by atoms with van der Waals surface area (Å²) in [5.41, 5.74) is 1.28. The Morgan fingerprint density at radius 2 is 2.21 bits per heavy atom. The van der Waals surface area contributed by atoms with Crippen LogP contribution >= 0.6 is 27.3 Å². The van der Waals surface area contributed by atoms with Gasteiger partial charge in [-0.1, -0.05) is 19.1 Å². The SMILES string of the molecule is CCNC(c1ccco1)c1csc2c(Br)cccc12. The molecule has 19 heavy (non-hydrogen) atoms. The van der Waals surface area contributed by atoms with Crippen LogP contribution in [0.25, 0.3) is 10.1 Å². The molecule has 0 amide bonds. The van der Waals surface area contributed by atoms with Crippen molar-refractivity contribution in [1.29, 1.82) is 0 Å². The molecule has 3 aromatic rings. The van der Waals surface area contributed by atoms with Crippen molar-refractivity contribution >= 4 is 37.4 Å². The zero-order chi connectivity index (χ0) is 13.2. The number of nitrogens with one attached hydrogen (secondary N) is 1. The lowest BCUT2D eigenvalue weighted by molar-refractivity contribution is 0.454. The first kappa shape index (κ1) is 12.9. The number of benzene rings is 1. The van der Waals surface area contributed by atoms with Crippen LogP contribution in [-0.2, 0) is 0 Å². The second-order valence-electron chi connectivity index (χ2n) is 4.31. The van der Waals surface area contributed by atoms with Crippen LogP contribution < -0.4 is 5.32 Å². The highest BCUT2D eigenvalue weighted by Crippen LogP contribution is 2.37. The fraction of sp³-hybridized carbons (Fsp3) is 0.200. The van der Waals surface area contributed by atoms with Crippen molar-refractivity contribution in [3.05, 3.63) is 57.8 Å². The van der Waals surface area contributed by atoms with Gasteiger partial charge in [-0.25, -0.2) is 0 Å². The third-order valence-corrected chi connectivity index (χ3v) is 5.10. The Morgan fingerprint density at radius 1 is 1.32 bits per heavy atom. The van der Waals surface area contributed by atoms with E-state index in [4.69, 9.17) is 4.42 Å². The maximum atomic E-state index is 5.58. The van der Waals surface area contributed by atoms with E-state index in [1.54, 1.807) is 17.6 Å². The predicted octanol–water partition coefficient (Wildman–Crippen LogP) is 4.96. The van der Waals surface area contributed by atoms with Crippen LogP contribution in [0.15, 0.2) is 50.9 Å². The minimum Gasteiger partial charge on any atom is -0.467 e. The summed E-state index contributed by atoms with van der Waals surface area (Å²) in [6.45, 7) is 3.01. The first-order valence-corrected chi connectivity index (χ1v) is 7.91. The molecule has 3 rings (SSSR count). The highest BCUT2D eigenvalue weighted by molar-refractivity contribution is 9.10. The molecule has 98 valence electrons. The number of rotatable bonds is 4. The van der Waals surface area contributed by atoms with E-state index in [-0.39, 0.29) is 6.04 Å². The summed E-state index contributed by atoms with van der Waals surface area (Å²) in [5, 5.41) is 6.99. The third-order valence-electron chi connectivity index (χ3n) is 3.13. The second-order valence-corrected chi connectivity index (χ2v) is 6.05. The summed E-state index contributed by atoms with van der Waals surface area (Å²) < 4.78 is 8.01. The molecule has 1 N–H and O–H groups in total. The van der Waals surface area contributed by atoms with Crippen molar-refractivity contribution in [3.63, 3.8) is 0 Å². The zero-order valence-electron chi connectivity index (χ0n) is 10.5. The van der Waals surface area contributed by atoms with Crippen molar-refractivity contribution in [1.82, 2.24) is 5.32 Å². The summed E-state index contributed by atoms with van der Waals surface area (Å²) in [4.78, 5) is 0. The Labute approximate surface area is 124 Å². The van der Waals surface area contributed by atoms with Crippen molar-refractivity contribution < 1.29 is 4.42 Å². The van der Waals surface area contributed by atoms with E-state index >= 15 is 0 Å². The van der Waals surface area contributed by atoms with Gasteiger partial charge in [0.25, 0.3) is 0 Å². The van der Waals surface area contributed by atoms with E-state index in [9.17, 15) is 0 Å². The fourth-order valence-electron chi connectivity index (χ4n) is 2.29. The Kier molecular flexibility index (Phi) is 3.73. The third kappa shape index (κ3) is 2.36. The lowest BCUT2D eigenvalue weighted by Crippen LogP contribution is -2.21. The van der Waals surface area contributed by atoms with Gasteiger partial charge in [0.1, 0.15) is 5.76 Å². The molecule has 2 aromatic heterocycles. The lowest BCUT2D eigenvalue weighted by Gasteiger charge is -2.15. The van der Waals surface area contributed by atoms with Crippen molar-refractivity contribution in [2.24, 2.45) is 0 Å². The quantitative estimate of drug-likeness (QED) is 0.729. The molecule has 0 fully saturated rings. The number of halogens is 1. The summed E-state index contributed by atoms with van der Waals surface area (Å²) >= 11 is 5.38. The molecule has 2 heterocycles. The lowest BCUT2D eigenvalue weighted by atomic mass is 10.0. The van der Waals surface area contributed by atoms with Gasteiger partial charge < -0.3 is 9.73 Å². The average Bonchev–Trinajstić information content (AvgIpc) is 3.06. The van der Waals surface area contributed by atoms with Gasteiger partial charge in [-0.3, -0.25) is 0 Å². The van der Waals surface area contributed by atoms with Crippen LogP contribution in [0.1, 0.15) is 24.3 Å². The highest BCUT2D eigenvalue weighted by Gasteiger charge is 2.19. The van der Waals surface area contributed by atoms with Gasteiger partial charge >= 0.3 is 0 Å². The highest BCUT2D eigenvalue weighted by atomic mass is 79.9. The zero-order valence-corrected chi connectivity index (χ0v) is 12.9. The van der Waals surface area contributed by atoms with Gasteiger partial charge in [0, 0.05) is 9.17 Å². The van der Waals surface area contributed by atoms with E-state index < -0.39 is 0 Å². The molecule has 0 aliphatic heterocycles. The van der Waals surface area contributed by atoms with Gasteiger partial charge in [-0.15, -0.1) is 11.3 Å². The molecule has 0 spiro atoms. The van der Waals surface area contributed by atoms with Gasteiger partial charge in [0.15, 0.2) is 0 Å². The van der Waals surface area contributed by atoms with Gasteiger partial charge in [0.05, 0.1) is 12.3 Å². The van der Waals surface area contributed by atoms with E-state index in [0.29, 0.717) is 0 Å². The molecular weight excluding hydrogens is 322 g/mol. The Balaban J connectivity index is 2.13. The van der Waals surface area contributed by atoms with E-state index in [1.165, 1.54) is 15.6 Å². The number of hydrogen-bond donors (Lipinski definition) is 1. The van der Waals surface area contributed by atoms with Crippen LogP contribution in [0, 0.1) is 0 Å². The first-order valence-electron chi connectivity index (χ1n) is 6.23. The van der Waals surface area contributed by atoms with Crippen LogP contribution in [-0.4, -0.2) is 6.54 Å². The monoisotopic (exact) mass is 335 g/mol. The maximum absolute atomic E-state index is 5.58. The largest absolute Gasteiger partial charge is 0.467 e. The Morgan fingerprint density at radius 3 is 2.95 bits per heavy atom. The predicted molar refractivity (Wildman–Crippen MR) is 83.8 cm³/mol. The molecule has 2 nitrogen and oxygen atoms in total. The molecule has 4 heteroatoms. The van der Waals surface area contributed by atoms with E-state index in [1.807, 2.05) is 12.1 Å². The van der Waals surface area contributed by atoms with Crippen LogP contribution in [0.4, 0.5) is 0 Å². The van der Waals surface area contributed by atoms with Gasteiger partial charge in [-0.2, -0.15) is 0 Å². The van der Waals surface area contributed by atoms with Crippen LogP contribution in [0.3, 0.4) is 0 Å². The number of thiophene rings is 1. The van der Waals surface area contributed by atoms with E-state index in [0.717, 1.165) is 16.8 Å². The minimum atomic E-state index is 0.114.